The topological polar surface area (TPSA) is 54.4 Å². The number of aryl methyl sites for hydroxylation is 1. The quantitative estimate of drug-likeness (QED) is 0.680. The Morgan fingerprint density at radius 3 is 2.42 bits per heavy atom. The van der Waals surface area contributed by atoms with Gasteiger partial charge in [0.2, 0.25) is 0 Å². The van der Waals surface area contributed by atoms with Crippen LogP contribution < -0.4 is 0 Å². The summed E-state index contributed by atoms with van der Waals surface area (Å²) in [6.07, 6.45) is 0. The van der Waals surface area contributed by atoms with Crippen LogP contribution in [0.1, 0.15) is 5.56 Å². The van der Waals surface area contributed by atoms with Crippen LogP contribution >= 0.6 is 0 Å². The van der Waals surface area contributed by atoms with Gasteiger partial charge < -0.3 is 0 Å². The number of halogens is 1. The predicted octanol–water partition coefficient (Wildman–Crippen LogP) is 1.38. The van der Waals surface area contributed by atoms with Crippen molar-refractivity contribution in [2.45, 2.75) is 11.8 Å². The molecule has 0 fully saturated rings. The van der Waals surface area contributed by atoms with Gasteiger partial charge in [0, 0.05) is 0 Å². The lowest BCUT2D eigenvalue weighted by molar-refractivity contribution is 0.481. The molecule has 5 heteroatoms. The molecule has 0 aliphatic rings. The van der Waals surface area contributed by atoms with Crippen LogP contribution in [0.5, 0.6) is 0 Å². The zero-order valence-corrected chi connectivity index (χ0v) is 7.10. The number of hydrogen-bond acceptors (Lipinski definition) is 2. The fourth-order valence-corrected chi connectivity index (χ4v) is 1.59. The van der Waals surface area contributed by atoms with Crippen LogP contribution in [0, 0.1) is 12.7 Å². The predicted molar refractivity (Wildman–Crippen MR) is 41.0 cm³/mol. The third-order valence-electron chi connectivity index (χ3n) is 1.43. The molecule has 66 valence electrons. The molecule has 1 N–H and O–H groups in total. The first-order valence-corrected chi connectivity index (χ1v) is 4.59. The Balaban J connectivity index is 3.43. The van der Waals surface area contributed by atoms with Gasteiger partial charge >= 0.3 is 0 Å². The normalized spacial score (nSPS) is 11.6. The zero-order chi connectivity index (χ0) is 9.35. The molecule has 0 saturated carbocycles. The largest absolute Gasteiger partial charge is 0.294 e. The molecule has 0 atom stereocenters. The van der Waals surface area contributed by atoms with Crippen molar-refractivity contribution in [3.8, 4) is 0 Å². The molecule has 0 aliphatic heterocycles. The Bertz CT molecular complexity index is 397. The molecule has 0 amide bonds. The second kappa shape index (κ2) is 2.84. The summed E-state index contributed by atoms with van der Waals surface area (Å²) in [4.78, 5) is -0.387. The molecule has 0 radical (unpaired) electrons. The molecule has 0 spiro atoms. The van der Waals surface area contributed by atoms with Crippen LogP contribution in [0.2, 0.25) is 0 Å². The smallest absolute Gasteiger partial charge is 0.282 e. The van der Waals surface area contributed by atoms with Crippen LogP contribution in [0.4, 0.5) is 4.39 Å². The lowest BCUT2D eigenvalue weighted by Crippen LogP contribution is -2.01. The van der Waals surface area contributed by atoms with E-state index in [4.69, 9.17) is 4.55 Å². The first kappa shape index (κ1) is 9.15. The third-order valence-corrected chi connectivity index (χ3v) is 2.42. The molecule has 3 nitrogen and oxygen atoms in total. The molecule has 0 heterocycles. The highest BCUT2D eigenvalue weighted by Crippen LogP contribution is 2.15. The van der Waals surface area contributed by atoms with E-state index in [1.165, 1.54) is 13.0 Å². The fourth-order valence-electron chi connectivity index (χ4n) is 0.852. The van der Waals surface area contributed by atoms with Crippen LogP contribution in [0.3, 0.4) is 0 Å². The zero-order valence-electron chi connectivity index (χ0n) is 6.28. The Hall–Kier alpha value is -0.940. The highest BCUT2D eigenvalue weighted by Gasteiger charge is 2.13. The van der Waals surface area contributed by atoms with E-state index in [-0.39, 0.29) is 4.90 Å². The van der Waals surface area contributed by atoms with E-state index in [0.29, 0.717) is 5.56 Å². The van der Waals surface area contributed by atoms with Crippen molar-refractivity contribution >= 4 is 10.1 Å². The Kier molecular flexibility index (Phi) is 2.16. The average molecular weight is 190 g/mol. The van der Waals surface area contributed by atoms with Crippen LogP contribution in [-0.2, 0) is 10.1 Å². The average Bonchev–Trinajstić information content (AvgIpc) is 1.92. The van der Waals surface area contributed by atoms with Crippen molar-refractivity contribution < 1.29 is 17.4 Å². The summed E-state index contributed by atoms with van der Waals surface area (Å²) >= 11 is 0. The maximum absolute atomic E-state index is 12.5. The molecule has 0 bridgehead atoms. The summed E-state index contributed by atoms with van der Waals surface area (Å²) < 4.78 is 42.3. The van der Waals surface area contributed by atoms with E-state index < -0.39 is 15.9 Å². The summed E-state index contributed by atoms with van der Waals surface area (Å²) in [7, 11) is -4.30. The lowest BCUT2D eigenvalue weighted by atomic mass is 10.2. The van der Waals surface area contributed by atoms with Gasteiger partial charge in [-0.3, -0.25) is 4.55 Å². The summed E-state index contributed by atoms with van der Waals surface area (Å²) in [6, 6.07) is 3.20. The van der Waals surface area contributed by atoms with Gasteiger partial charge in [0.15, 0.2) is 0 Å². The van der Waals surface area contributed by atoms with E-state index in [1.54, 1.807) is 0 Å². The van der Waals surface area contributed by atoms with Gasteiger partial charge in [-0.25, -0.2) is 4.39 Å². The van der Waals surface area contributed by atoms with E-state index >= 15 is 0 Å². The molecule has 1 aromatic rings. The van der Waals surface area contributed by atoms with Gasteiger partial charge in [-0.1, -0.05) is 6.07 Å². The van der Waals surface area contributed by atoms with Crippen molar-refractivity contribution in [1.29, 1.82) is 0 Å². The van der Waals surface area contributed by atoms with E-state index in [0.717, 1.165) is 12.1 Å². The van der Waals surface area contributed by atoms with Crippen LogP contribution in [0.15, 0.2) is 23.1 Å². The highest BCUT2D eigenvalue weighted by molar-refractivity contribution is 7.85. The summed E-state index contributed by atoms with van der Waals surface area (Å²) in [5.74, 6) is -0.687. The second-order valence-corrected chi connectivity index (χ2v) is 3.77. The molecule has 0 unspecified atom stereocenters. The van der Waals surface area contributed by atoms with Gasteiger partial charge in [0.05, 0.1) is 4.90 Å². The number of benzene rings is 1. The Morgan fingerprint density at radius 1 is 1.42 bits per heavy atom. The molecule has 1 aromatic carbocycles. The Morgan fingerprint density at radius 2 is 2.00 bits per heavy atom. The van der Waals surface area contributed by atoms with Crippen molar-refractivity contribution in [3.05, 3.63) is 29.6 Å². The molecular weight excluding hydrogens is 183 g/mol. The van der Waals surface area contributed by atoms with E-state index in [2.05, 4.69) is 0 Å². The maximum atomic E-state index is 12.5. The molecular formula is C7H7FO3S. The van der Waals surface area contributed by atoms with Gasteiger partial charge in [-0.2, -0.15) is 8.42 Å². The van der Waals surface area contributed by atoms with Crippen molar-refractivity contribution in [2.24, 2.45) is 0 Å². The first-order chi connectivity index (χ1) is 5.41. The minimum absolute atomic E-state index is 0.318. The van der Waals surface area contributed by atoms with Gasteiger partial charge in [0.1, 0.15) is 5.82 Å². The maximum Gasteiger partial charge on any atom is 0.294 e. The van der Waals surface area contributed by atoms with Crippen LogP contribution in [0.25, 0.3) is 0 Å². The van der Waals surface area contributed by atoms with Gasteiger partial charge in [-0.15, -0.1) is 0 Å². The SMILES string of the molecule is Cc1ccc(F)cc1S(=O)(=O)O. The van der Waals surface area contributed by atoms with Gasteiger partial charge in [-0.05, 0) is 24.6 Å². The molecule has 12 heavy (non-hydrogen) atoms. The second-order valence-electron chi connectivity index (χ2n) is 2.38. The summed E-state index contributed by atoms with van der Waals surface area (Å²) in [5.41, 5.74) is 0.318. The number of hydrogen-bond donors (Lipinski definition) is 1. The first-order valence-electron chi connectivity index (χ1n) is 3.15. The fraction of sp³-hybridized carbons (Fsp3) is 0.143. The monoisotopic (exact) mass is 190 g/mol. The minimum Gasteiger partial charge on any atom is -0.282 e. The standard InChI is InChI=1S/C7H7FO3S/c1-5-2-3-6(8)4-7(5)12(9,10)11/h2-4H,1H3,(H,9,10,11). The summed E-state index contributed by atoms with van der Waals surface area (Å²) in [6.45, 7) is 1.47. The molecule has 1 rings (SSSR count). The highest BCUT2D eigenvalue weighted by atomic mass is 32.2. The molecule has 0 aromatic heterocycles. The van der Waals surface area contributed by atoms with Crippen molar-refractivity contribution in [3.63, 3.8) is 0 Å². The molecule has 0 aliphatic carbocycles. The number of rotatable bonds is 1. The van der Waals surface area contributed by atoms with Crippen molar-refractivity contribution in [2.75, 3.05) is 0 Å². The van der Waals surface area contributed by atoms with E-state index in [1.807, 2.05) is 0 Å². The summed E-state index contributed by atoms with van der Waals surface area (Å²) in [5, 5.41) is 0. The van der Waals surface area contributed by atoms with Gasteiger partial charge in [0.25, 0.3) is 10.1 Å². The lowest BCUT2D eigenvalue weighted by Gasteiger charge is -2.00. The van der Waals surface area contributed by atoms with Crippen LogP contribution in [-0.4, -0.2) is 13.0 Å². The Labute approximate surface area is 69.6 Å². The van der Waals surface area contributed by atoms with Crippen molar-refractivity contribution in [1.82, 2.24) is 0 Å². The molecule has 0 saturated heterocycles. The minimum atomic E-state index is -4.30. The van der Waals surface area contributed by atoms with E-state index in [9.17, 15) is 12.8 Å². The third kappa shape index (κ3) is 1.80.